The molecule has 1 aromatic heterocycles. The lowest BCUT2D eigenvalue weighted by Gasteiger charge is -2.58. The average Bonchev–Trinajstić information content (AvgIpc) is 3.04. The number of carbonyl (C=O) groups excluding carboxylic acids is 1. The highest BCUT2D eigenvalue weighted by atomic mass is 127. The van der Waals surface area contributed by atoms with Crippen molar-refractivity contribution in [2.45, 2.75) is 103 Å². The minimum Gasteiger partial charge on any atom is -0.444 e. The third-order valence-electron chi connectivity index (χ3n) is 9.24. The van der Waals surface area contributed by atoms with E-state index in [-0.39, 0.29) is 29.3 Å². The topological polar surface area (TPSA) is 72.3 Å². The quantitative estimate of drug-likeness (QED) is 0.458. The van der Waals surface area contributed by atoms with Gasteiger partial charge in [0.1, 0.15) is 5.60 Å². The number of hydrogen-bond donors (Lipinski definition) is 0. The van der Waals surface area contributed by atoms with Gasteiger partial charge in [0.2, 0.25) is 0 Å². The molecule has 5 heterocycles. The molecule has 1 aliphatic carbocycles. The highest BCUT2D eigenvalue weighted by Gasteiger charge is 2.55. The molecule has 2 bridgehead atoms. The van der Waals surface area contributed by atoms with Crippen LogP contribution in [0.5, 0.6) is 0 Å². The SMILES string of the molecule is Cc1c(I)c(N2CCC(N3CC4COCC(C3)O4)CC2(C)C)nn1C1CC2(C1)CN(C(=O)OC(C)(C)C)C2. The molecule has 10 heteroatoms. The first-order valence-electron chi connectivity index (χ1n) is 14.3. The number of piperidine rings is 1. The van der Waals surface area contributed by atoms with Crippen molar-refractivity contribution in [3.8, 4) is 0 Å². The molecule has 38 heavy (non-hydrogen) atoms. The number of amides is 1. The summed E-state index contributed by atoms with van der Waals surface area (Å²) < 4.78 is 20.9. The summed E-state index contributed by atoms with van der Waals surface area (Å²) >= 11 is 2.51. The smallest absolute Gasteiger partial charge is 0.410 e. The van der Waals surface area contributed by atoms with Crippen LogP contribution in [0.15, 0.2) is 0 Å². The molecule has 6 rings (SSSR count). The second-order valence-corrected chi connectivity index (χ2v) is 15.1. The van der Waals surface area contributed by atoms with Gasteiger partial charge >= 0.3 is 6.09 Å². The first-order valence-corrected chi connectivity index (χ1v) is 15.4. The van der Waals surface area contributed by atoms with Gasteiger partial charge in [0.05, 0.1) is 40.7 Å². The van der Waals surface area contributed by atoms with Crippen LogP contribution in [0.25, 0.3) is 0 Å². The number of aromatic nitrogens is 2. The maximum absolute atomic E-state index is 12.4. The fraction of sp³-hybridized carbons (Fsp3) is 0.857. The standard InChI is InChI=1S/C28H44IN5O4/c1-18-23(29)24(30-34(18)20-10-28(11-20)16-32(17-28)25(35)38-26(2,3)4)33-8-7-19(9-27(33,5)6)31-12-21-14-36-15-22(13-31)37-21/h19-22H,7-17H2,1-6H3. The van der Waals surface area contributed by atoms with Crippen molar-refractivity contribution >= 4 is 34.5 Å². The number of halogens is 1. The van der Waals surface area contributed by atoms with Crippen LogP contribution in [0.4, 0.5) is 10.6 Å². The lowest BCUT2D eigenvalue weighted by molar-refractivity contribution is -0.186. The van der Waals surface area contributed by atoms with E-state index in [2.05, 4.69) is 57.8 Å². The lowest BCUT2D eigenvalue weighted by Crippen LogP contribution is -2.64. The number of anilines is 1. The van der Waals surface area contributed by atoms with Crippen molar-refractivity contribution in [1.29, 1.82) is 0 Å². The normalized spacial score (nSPS) is 31.2. The minimum absolute atomic E-state index is 0.0289. The summed E-state index contributed by atoms with van der Waals surface area (Å²) in [5.74, 6) is 1.14. The van der Waals surface area contributed by atoms with Crippen molar-refractivity contribution in [2.24, 2.45) is 5.41 Å². The average molecular weight is 642 g/mol. The monoisotopic (exact) mass is 641 g/mol. The molecule has 0 N–H and O–H groups in total. The van der Waals surface area contributed by atoms with E-state index in [9.17, 15) is 4.79 Å². The third kappa shape index (κ3) is 4.96. The largest absolute Gasteiger partial charge is 0.444 e. The Labute approximate surface area is 240 Å². The molecule has 0 aromatic carbocycles. The molecule has 3 unspecified atom stereocenters. The van der Waals surface area contributed by atoms with Gasteiger partial charge in [0.15, 0.2) is 5.82 Å². The van der Waals surface area contributed by atoms with E-state index in [0.717, 1.165) is 77.4 Å². The zero-order chi connectivity index (χ0) is 27.0. The van der Waals surface area contributed by atoms with Gasteiger partial charge < -0.3 is 24.0 Å². The van der Waals surface area contributed by atoms with Crippen molar-refractivity contribution < 1.29 is 19.0 Å². The van der Waals surface area contributed by atoms with Crippen molar-refractivity contribution in [3.63, 3.8) is 0 Å². The zero-order valence-corrected chi connectivity index (χ0v) is 26.0. The molecule has 1 amide bonds. The van der Waals surface area contributed by atoms with E-state index in [4.69, 9.17) is 19.3 Å². The van der Waals surface area contributed by atoms with Gasteiger partial charge in [-0.1, -0.05) is 0 Å². The van der Waals surface area contributed by atoms with Crippen LogP contribution in [-0.2, 0) is 14.2 Å². The Hall–Kier alpha value is -1.11. The molecule has 5 fully saturated rings. The van der Waals surface area contributed by atoms with Crippen LogP contribution >= 0.6 is 22.6 Å². The Morgan fingerprint density at radius 1 is 1.08 bits per heavy atom. The number of likely N-dealkylation sites (tertiary alicyclic amines) is 1. The fourth-order valence-corrected chi connectivity index (χ4v) is 8.09. The zero-order valence-electron chi connectivity index (χ0n) is 23.8. The molecule has 5 aliphatic rings. The second kappa shape index (κ2) is 9.48. The Morgan fingerprint density at radius 3 is 2.34 bits per heavy atom. The second-order valence-electron chi connectivity index (χ2n) is 14.0. The summed E-state index contributed by atoms with van der Waals surface area (Å²) in [6, 6.07) is 0.987. The van der Waals surface area contributed by atoms with E-state index in [1.165, 1.54) is 9.26 Å². The number of hydrogen-bond acceptors (Lipinski definition) is 7. The molecule has 212 valence electrons. The first-order chi connectivity index (χ1) is 17.8. The summed E-state index contributed by atoms with van der Waals surface area (Å²) in [6.45, 7) is 18.8. The van der Waals surface area contributed by atoms with E-state index in [1.807, 2.05) is 25.7 Å². The lowest BCUT2D eigenvalue weighted by atomic mass is 9.61. The van der Waals surface area contributed by atoms with Crippen LogP contribution in [0.2, 0.25) is 0 Å². The molecule has 0 radical (unpaired) electrons. The van der Waals surface area contributed by atoms with Crippen LogP contribution < -0.4 is 4.90 Å². The van der Waals surface area contributed by atoms with Crippen molar-refractivity contribution in [1.82, 2.24) is 19.6 Å². The summed E-state index contributed by atoms with van der Waals surface area (Å²) in [6.07, 6.45) is 4.71. The highest BCUT2D eigenvalue weighted by molar-refractivity contribution is 14.1. The van der Waals surface area contributed by atoms with Gasteiger partial charge in [0.25, 0.3) is 0 Å². The number of morpholine rings is 1. The van der Waals surface area contributed by atoms with Gasteiger partial charge in [-0.3, -0.25) is 9.58 Å². The first kappa shape index (κ1) is 27.1. The number of rotatable bonds is 3. The Bertz CT molecular complexity index is 1060. The Kier molecular flexibility index (Phi) is 6.75. The van der Waals surface area contributed by atoms with Crippen LogP contribution in [0.3, 0.4) is 0 Å². The Balaban J connectivity index is 1.08. The minimum atomic E-state index is -0.445. The molecular formula is C28H44IN5O4. The van der Waals surface area contributed by atoms with E-state index >= 15 is 0 Å². The maximum atomic E-state index is 12.4. The summed E-state index contributed by atoms with van der Waals surface area (Å²) in [5, 5.41) is 5.24. The molecular weight excluding hydrogens is 597 g/mol. The maximum Gasteiger partial charge on any atom is 0.410 e. The number of ether oxygens (including phenoxy) is 3. The third-order valence-corrected chi connectivity index (χ3v) is 10.5. The highest BCUT2D eigenvalue weighted by Crippen LogP contribution is 2.55. The van der Waals surface area contributed by atoms with Crippen LogP contribution in [-0.4, -0.2) is 101 Å². The van der Waals surface area contributed by atoms with Crippen molar-refractivity contribution in [2.75, 3.05) is 50.8 Å². The molecule has 1 spiro atoms. The number of fused-ring (bicyclic) bond motifs is 2. The van der Waals surface area contributed by atoms with Crippen LogP contribution in [0.1, 0.15) is 72.0 Å². The molecule has 3 atom stereocenters. The Morgan fingerprint density at radius 2 is 1.74 bits per heavy atom. The van der Waals surface area contributed by atoms with Gasteiger partial charge in [-0.05, 0) is 89.8 Å². The molecule has 1 saturated carbocycles. The molecule has 9 nitrogen and oxygen atoms in total. The van der Waals surface area contributed by atoms with Crippen LogP contribution in [0, 0.1) is 15.9 Å². The molecule has 4 saturated heterocycles. The van der Waals surface area contributed by atoms with Gasteiger partial charge in [0, 0.05) is 49.7 Å². The molecule has 1 aromatic rings. The van der Waals surface area contributed by atoms with Crippen molar-refractivity contribution in [3.05, 3.63) is 9.26 Å². The number of carbonyl (C=O) groups is 1. The van der Waals surface area contributed by atoms with E-state index < -0.39 is 5.60 Å². The van der Waals surface area contributed by atoms with Gasteiger partial charge in [-0.15, -0.1) is 0 Å². The predicted molar refractivity (Wildman–Crippen MR) is 154 cm³/mol. The molecule has 4 aliphatic heterocycles. The fourth-order valence-electron chi connectivity index (χ4n) is 7.44. The number of nitrogens with zero attached hydrogens (tertiary/aromatic N) is 5. The van der Waals surface area contributed by atoms with E-state index in [0.29, 0.717) is 12.1 Å². The summed E-state index contributed by atoms with van der Waals surface area (Å²) in [4.78, 5) is 19.5. The van der Waals surface area contributed by atoms with E-state index in [1.54, 1.807) is 0 Å². The predicted octanol–water partition coefficient (Wildman–Crippen LogP) is 4.22. The summed E-state index contributed by atoms with van der Waals surface area (Å²) in [5.41, 5.74) is 1.09. The van der Waals surface area contributed by atoms with Gasteiger partial charge in [-0.25, -0.2) is 4.79 Å². The summed E-state index contributed by atoms with van der Waals surface area (Å²) in [7, 11) is 0. The van der Waals surface area contributed by atoms with Gasteiger partial charge in [-0.2, -0.15) is 5.10 Å².